The van der Waals surface area contributed by atoms with Crippen molar-refractivity contribution in [2.45, 2.75) is 6.54 Å². The molecule has 8 nitrogen and oxygen atoms in total. The summed E-state index contributed by atoms with van der Waals surface area (Å²) in [6.07, 6.45) is 3.80. The number of aromatic nitrogens is 2. The summed E-state index contributed by atoms with van der Waals surface area (Å²) in [7, 11) is 1.92. The molecule has 2 aromatic carbocycles. The van der Waals surface area contributed by atoms with E-state index in [1.54, 1.807) is 0 Å². The van der Waals surface area contributed by atoms with Crippen molar-refractivity contribution in [1.29, 1.82) is 0 Å². The molecule has 9 heteroatoms. The number of benzene rings is 2. The first-order valence-electron chi connectivity index (χ1n) is 11.3. The van der Waals surface area contributed by atoms with E-state index in [2.05, 4.69) is 10.4 Å². The molecule has 0 saturated carbocycles. The standard InChI is InChI=1S/C25H29FN6O2/c1-29(16-20-15-27-32(17-20)23-5-3-2-4-6-23)19-25(34)31-13-11-30(12-14-31)18-24(33)28-22-9-7-21(26)8-10-22/h2-10,15,17H,11-14,16,18-19H2,1H3,(H,28,33). The molecule has 4 rings (SSSR count). The van der Waals surface area contributed by atoms with Crippen molar-refractivity contribution in [2.75, 3.05) is 51.6 Å². The summed E-state index contributed by atoms with van der Waals surface area (Å²) in [5.41, 5.74) is 2.60. The molecule has 1 N–H and O–H groups in total. The molecule has 0 bridgehead atoms. The smallest absolute Gasteiger partial charge is 0.238 e. The molecule has 1 fully saturated rings. The third-order valence-electron chi connectivity index (χ3n) is 5.73. The quantitative estimate of drug-likeness (QED) is 0.554. The first kappa shape index (κ1) is 23.6. The molecule has 0 spiro atoms. The van der Waals surface area contributed by atoms with E-state index < -0.39 is 0 Å². The molecule has 1 aliphatic rings. The van der Waals surface area contributed by atoms with Gasteiger partial charge in [0.1, 0.15) is 5.82 Å². The van der Waals surface area contributed by atoms with Gasteiger partial charge in [0.2, 0.25) is 11.8 Å². The van der Waals surface area contributed by atoms with Crippen molar-refractivity contribution in [3.63, 3.8) is 0 Å². The SMILES string of the molecule is CN(CC(=O)N1CCN(CC(=O)Nc2ccc(F)cc2)CC1)Cc1cnn(-c2ccccc2)c1. The van der Waals surface area contributed by atoms with E-state index in [4.69, 9.17) is 0 Å². The molecule has 0 radical (unpaired) electrons. The maximum Gasteiger partial charge on any atom is 0.238 e. The summed E-state index contributed by atoms with van der Waals surface area (Å²) in [4.78, 5) is 30.9. The van der Waals surface area contributed by atoms with E-state index in [1.165, 1.54) is 24.3 Å². The number of amides is 2. The predicted molar refractivity (Wildman–Crippen MR) is 128 cm³/mol. The fourth-order valence-electron chi connectivity index (χ4n) is 3.95. The lowest BCUT2D eigenvalue weighted by Gasteiger charge is -2.35. The van der Waals surface area contributed by atoms with Crippen LogP contribution >= 0.6 is 0 Å². The second-order valence-electron chi connectivity index (χ2n) is 8.51. The molecular formula is C25H29FN6O2. The Labute approximate surface area is 198 Å². The van der Waals surface area contributed by atoms with Gasteiger partial charge in [-0.1, -0.05) is 18.2 Å². The number of para-hydroxylation sites is 1. The number of likely N-dealkylation sites (N-methyl/N-ethyl adjacent to an activating group) is 1. The maximum absolute atomic E-state index is 13.0. The van der Waals surface area contributed by atoms with Crippen LogP contribution in [0.15, 0.2) is 67.0 Å². The number of hydrogen-bond acceptors (Lipinski definition) is 5. The number of carbonyl (C=O) groups excluding carboxylic acids is 2. The second kappa shape index (κ2) is 11.0. The van der Waals surface area contributed by atoms with Gasteiger partial charge in [-0.15, -0.1) is 0 Å². The molecule has 3 aromatic rings. The highest BCUT2D eigenvalue weighted by atomic mass is 19.1. The largest absolute Gasteiger partial charge is 0.339 e. The van der Waals surface area contributed by atoms with E-state index in [-0.39, 0.29) is 24.2 Å². The first-order chi connectivity index (χ1) is 16.5. The maximum atomic E-state index is 13.0. The van der Waals surface area contributed by atoms with Crippen molar-refractivity contribution >= 4 is 17.5 Å². The normalized spacial score (nSPS) is 14.4. The fourth-order valence-corrected chi connectivity index (χ4v) is 3.95. The summed E-state index contributed by atoms with van der Waals surface area (Å²) < 4.78 is 14.8. The van der Waals surface area contributed by atoms with Gasteiger partial charge in [-0.05, 0) is 43.4 Å². The highest BCUT2D eigenvalue weighted by Crippen LogP contribution is 2.11. The van der Waals surface area contributed by atoms with Crippen LogP contribution in [0.2, 0.25) is 0 Å². The minimum atomic E-state index is -0.341. The van der Waals surface area contributed by atoms with Crippen molar-refractivity contribution < 1.29 is 14.0 Å². The van der Waals surface area contributed by atoms with Gasteiger partial charge >= 0.3 is 0 Å². The molecule has 2 heterocycles. The lowest BCUT2D eigenvalue weighted by molar-refractivity contribution is -0.134. The Bertz CT molecular complexity index is 1090. The zero-order chi connectivity index (χ0) is 23.9. The lowest BCUT2D eigenvalue weighted by Crippen LogP contribution is -2.52. The van der Waals surface area contributed by atoms with E-state index in [9.17, 15) is 14.0 Å². The Hall–Kier alpha value is -3.56. The predicted octanol–water partition coefficient (Wildman–Crippen LogP) is 2.23. The zero-order valence-corrected chi connectivity index (χ0v) is 19.2. The third kappa shape index (κ3) is 6.49. The van der Waals surface area contributed by atoms with Gasteiger partial charge in [0, 0.05) is 50.2 Å². The van der Waals surface area contributed by atoms with E-state index >= 15 is 0 Å². The van der Waals surface area contributed by atoms with Crippen LogP contribution in [0.4, 0.5) is 10.1 Å². The molecular weight excluding hydrogens is 435 g/mol. The van der Waals surface area contributed by atoms with E-state index in [1.807, 2.05) is 69.2 Å². The van der Waals surface area contributed by atoms with Gasteiger partial charge in [0.05, 0.1) is 25.0 Å². The number of piperazine rings is 1. The molecule has 0 unspecified atom stereocenters. The van der Waals surface area contributed by atoms with Crippen LogP contribution in [-0.4, -0.2) is 82.6 Å². The number of rotatable bonds is 8. The minimum absolute atomic E-state index is 0.0772. The molecule has 1 aromatic heterocycles. The Morgan fingerprint density at radius 3 is 2.44 bits per heavy atom. The summed E-state index contributed by atoms with van der Waals surface area (Å²) in [6, 6.07) is 15.6. The van der Waals surface area contributed by atoms with Gasteiger partial charge in [-0.3, -0.25) is 19.4 Å². The van der Waals surface area contributed by atoms with Crippen LogP contribution < -0.4 is 5.32 Å². The Morgan fingerprint density at radius 1 is 1.03 bits per heavy atom. The van der Waals surface area contributed by atoms with E-state index in [0.29, 0.717) is 45.0 Å². The average Bonchev–Trinajstić information content (AvgIpc) is 3.30. The number of nitrogens with one attached hydrogen (secondary N) is 1. The first-order valence-corrected chi connectivity index (χ1v) is 11.3. The highest BCUT2D eigenvalue weighted by molar-refractivity contribution is 5.92. The average molecular weight is 465 g/mol. The number of anilines is 1. The van der Waals surface area contributed by atoms with Crippen molar-refractivity contribution in [2.24, 2.45) is 0 Å². The molecule has 2 amide bonds. The van der Waals surface area contributed by atoms with Crippen LogP contribution in [0.3, 0.4) is 0 Å². The molecule has 1 saturated heterocycles. The molecule has 178 valence electrons. The molecule has 34 heavy (non-hydrogen) atoms. The van der Waals surface area contributed by atoms with Crippen LogP contribution in [0.1, 0.15) is 5.56 Å². The number of hydrogen-bond donors (Lipinski definition) is 1. The Balaban J connectivity index is 1.19. The number of halogens is 1. The van der Waals surface area contributed by atoms with Crippen molar-refractivity contribution in [3.8, 4) is 5.69 Å². The van der Waals surface area contributed by atoms with Crippen LogP contribution in [0, 0.1) is 5.82 Å². The summed E-state index contributed by atoms with van der Waals surface area (Å²) in [5, 5.41) is 7.18. The van der Waals surface area contributed by atoms with Gasteiger partial charge in [0.15, 0.2) is 0 Å². The van der Waals surface area contributed by atoms with Crippen LogP contribution in [-0.2, 0) is 16.1 Å². The van der Waals surface area contributed by atoms with Gasteiger partial charge < -0.3 is 10.2 Å². The molecule has 0 atom stereocenters. The lowest BCUT2D eigenvalue weighted by atomic mass is 10.2. The zero-order valence-electron chi connectivity index (χ0n) is 19.2. The van der Waals surface area contributed by atoms with Crippen LogP contribution in [0.5, 0.6) is 0 Å². The Morgan fingerprint density at radius 2 is 1.74 bits per heavy atom. The monoisotopic (exact) mass is 464 g/mol. The number of carbonyl (C=O) groups is 2. The third-order valence-corrected chi connectivity index (χ3v) is 5.73. The van der Waals surface area contributed by atoms with Gasteiger partial charge in [-0.2, -0.15) is 5.10 Å². The minimum Gasteiger partial charge on any atom is -0.339 e. The molecule has 1 aliphatic heterocycles. The summed E-state index contributed by atoms with van der Waals surface area (Å²) in [6.45, 7) is 3.63. The van der Waals surface area contributed by atoms with Gasteiger partial charge in [0.25, 0.3) is 0 Å². The van der Waals surface area contributed by atoms with Gasteiger partial charge in [-0.25, -0.2) is 9.07 Å². The van der Waals surface area contributed by atoms with Crippen molar-refractivity contribution in [3.05, 3.63) is 78.4 Å². The summed E-state index contributed by atoms with van der Waals surface area (Å²) in [5.74, 6) is -0.415. The molecule has 0 aliphatic carbocycles. The number of nitrogens with zero attached hydrogens (tertiary/aromatic N) is 5. The van der Waals surface area contributed by atoms with E-state index in [0.717, 1.165) is 11.3 Å². The van der Waals surface area contributed by atoms with Crippen molar-refractivity contribution in [1.82, 2.24) is 24.5 Å². The fraction of sp³-hybridized carbons (Fsp3) is 0.320. The van der Waals surface area contributed by atoms with Crippen LogP contribution in [0.25, 0.3) is 5.69 Å². The Kier molecular flexibility index (Phi) is 7.66. The summed E-state index contributed by atoms with van der Waals surface area (Å²) >= 11 is 0. The topological polar surface area (TPSA) is 73.7 Å². The highest BCUT2D eigenvalue weighted by Gasteiger charge is 2.23. The second-order valence-corrected chi connectivity index (χ2v) is 8.51.